The van der Waals surface area contributed by atoms with E-state index in [2.05, 4.69) is 38.8 Å². The SMILES string of the molecule is CC(C)(C)C(NC(=O)C(CC(=O)O)n1cccc1-n1ccc2c3ccc(cc3-c3ccncc3)c21)C(=O)Nc1ccncc1. The first-order valence-corrected chi connectivity index (χ1v) is 14.3. The molecule has 0 saturated heterocycles. The number of benzene rings is 3. The van der Waals surface area contributed by atoms with Crippen LogP contribution in [0.1, 0.15) is 33.2 Å². The molecule has 2 atom stereocenters. The number of aromatic nitrogens is 4. The van der Waals surface area contributed by atoms with Crippen LogP contribution in [0.4, 0.5) is 5.69 Å². The fourth-order valence-corrected chi connectivity index (χ4v) is 5.73. The lowest BCUT2D eigenvalue weighted by atomic mass is 9.85. The van der Waals surface area contributed by atoms with E-state index in [0.29, 0.717) is 11.5 Å². The van der Waals surface area contributed by atoms with E-state index in [1.54, 1.807) is 53.8 Å². The van der Waals surface area contributed by atoms with Crippen LogP contribution < -0.4 is 10.6 Å². The molecule has 10 heteroatoms. The van der Waals surface area contributed by atoms with Gasteiger partial charge in [-0.25, -0.2) is 0 Å². The fourth-order valence-electron chi connectivity index (χ4n) is 5.73. The Hall–Kier alpha value is -5.51. The maximum Gasteiger partial charge on any atom is 0.306 e. The summed E-state index contributed by atoms with van der Waals surface area (Å²) in [5.74, 6) is -1.48. The van der Waals surface area contributed by atoms with Gasteiger partial charge in [0.25, 0.3) is 0 Å². The van der Waals surface area contributed by atoms with E-state index in [9.17, 15) is 19.5 Å². The summed E-state index contributed by atoms with van der Waals surface area (Å²) >= 11 is 0. The summed E-state index contributed by atoms with van der Waals surface area (Å²) < 4.78 is 3.64. The molecule has 0 aliphatic heterocycles. The van der Waals surface area contributed by atoms with Gasteiger partial charge in [-0.3, -0.25) is 24.4 Å². The molecule has 0 saturated carbocycles. The van der Waals surface area contributed by atoms with Crippen LogP contribution in [0.3, 0.4) is 0 Å². The Morgan fingerprint density at radius 3 is 2.25 bits per heavy atom. The summed E-state index contributed by atoms with van der Waals surface area (Å²) in [4.78, 5) is 47.4. The minimum absolute atomic E-state index is 0.411. The van der Waals surface area contributed by atoms with Crippen molar-refractivity contribution in [2.75, 3.05) is 5.32 Å². The van der Waals surface area contributed by atoms with Gasteiger partial charge >= 0.3 is 5.97 Å². The van der Waals surface area contributed by atoms with Crippen LogP contribution in [0.2, 0.25) is 0 Å². The van der Waals surface area contributed by atoms with Gasteiger partial charge in [0.05, 0.1) is 11.9 Å². The predicted molar refractivity (Wildman–Crippen MR) is 169 cm³/mol. The van der Waals surface area contributed by atoms with Gasteiger partial charge in [0, 0.05) is 48.3 Å². The van der Waals surface area contributed by atoms with Gasteiger partial charge in [-0.1, -0.05) is 32.9 Å². The number of aliphatic carboxylic acids is 1. The van der Waals surface area contributed by atoms with Crippen molar-refractivity contribution in [1.29, 1.82) is 0 Å². The second kappa shape index (κ2) is 11.3. The topological polar surface area (TPSA) is 131 Å². The first kappa shape index (κ1) is 28.6. The standard InChI is InChI=1S/C34H32N6O4/c1-34(2,3)31(33(44)37-23-10-15-36-16-11-23)38-32(43)27(20-29(41)42)39-17-4-5-28(39)40-18-12-25-24-7-6-22(30(25)40)19-26(24)21-8-13-35-14-9-21/h4-19,27,31H,20H2,1-3H3,(H,38,43)(H,41,42)(H,36,37,44). The monoisotopic (exact) mass is 588 g/mol. The summed E-state index contributed by atoms with van der Waals surface area (Å²) in [6.07, 6.45) is 9.82. The number of anilines is 1. The van der Waals surface area contributed by atoms with Crippen LogP contribution in [0.15, 0.2) is 97.8 Å². The Kier molecular flexibility index (Phi) is 7.34. The first-order valence-electron chi connectivity index (χ1n) is 14.3. The van der Waals surface area contributed by atoms with Gasteiger partial charge in [0.15, 0.2) is 0 Å². The van der Waals surface area contributed by atoms with Crippen molar-refractivity contribution >= 4 is 45.1 Å². The third-order valence-corrected chi connectivity index (χ3v) is 7.83. The van der Waals surface area contributed by atoms with Crippen molar-refractivity contribution in [2.45, 2.75) is 39.3 Å². The predicted octanol–water partition coefficient (Wildman–Crippen LogP) is 5.67. The number of carbonyl (C=O) groups is 3. The molecule has 2 bridgehead atoms. The molecular weight excluding hydrogens is 556 g/mol. The molecule has 3 N–H and O–H groups in total. The molecule has 4 aromatic heterocycles. The number of pyridine rings is 2. The van der Waals surface area contributed by atoms with Crippen molar-refractivity contribution in [3.05, 3.63) is 97.8 Å². The van der Waals surface area contributed by atoms with Gasteiger partial charge < -0.3 is 24.9 Å². The molecule has 7 rings (SSSR count). The highest BCUT2D eigenvalue weighted by atomic mass is 16.4. The maximum absolute atomic E-state index is 13.9. The Morgan fingerprint density at radius 2 is 1.57 bits per heavy atom. The highest BCUT2D eigenvalue weighted by Gasteiger charge is 2.36. The summed E-state index contributed by atoms with van der Waals surface area (Å²) in [6.45, 7) is 5.53. The molecule has 2 amide bonds. The van der Waals surface area contributed by atoms with Crippen LogP contribution in [0.5, 0.6) is 0 Å². The Balaban J connectivity index is 1.36. The van der Waals surface area contributed by atoms with Crippen LogP contribution >= 0.6 is 0 Å². The molecule has 0 aliphatic carbocycles. The maximum atomic E-state index is 13.9. The molecule has 4 heterocycles. The summed E-state index contributed by atoms with van der Waals surface area (Å²) in [7, 11) is 0. The molecule has 0 aliphatic rings. The van der Waals surface area contributed by atoms with Gasteiger partial charge in [0.1, 0.15) is 17.9 Å². The number of carbonyl (C=O) groups excluding carboxylic acids is 2. The molecule has 3 aromatic carbocycles. The van der Waals surface area contributed by atoms with Crippen LogP contribution in [-0.2, 0) is 14.4 Å². The van der Waals surface area contributed by atoms with Crippen molar-refractivity contribution in [1.82, 2.24) is 24.4 Å². The molecule has 0 spiro atoms. The van der Waals surface area contributed by atoms with Gasteiger partial charge in [-0.05, 0) is 75.8 Å². The smallest absolute Gasteiger partial charge is 0.306 e. The third-order valence-electron chi connectivity index (χ3n) is 7.83. The van der Waals surface area contributed by atoms with E-state index in [1.165, 1.54) is 0 Å². The highest BCUT2D eigenvalue weighted by Crippen LogP contribution is 2.39. The van der Waals surface area contributed by atoms with Crippen molar-refractivity contribution in [3.8, 4) is 16.9 Å². The number of amides is 2. The average Bonchev–Trinajstić information content (AvgIpc) is 3.67. The van der Waals surface area contributed by atoms with E-state index in [1.807, 2.05) is 55.8 Å². The summed E-state index contributed by atoms with van der Waals surface area (Å²) in [6, 6.07) is 17.2. The second-order valence-electron chi connectivity index (χ2n) is 11.9. The van der Waals surface area contributed by atoms with Gasteiger partial charge in [-0.2, -0.15) is 0 Å². The zero-order valence-corrected chi connectivity index (χ0v) is 24.6. The van der Waals surface area contributed by atoms with E-state index in [4.69, 9.17) is 0 Å². The minimum atomic E-state index is -1.13. The van der Waals surface area contributed by atoms with Gasteiger partial charge in [0.2, 0.25) is 11.8 Å². The number of hydrogen-bond acceptors (Lipinski definition) is 5. The fraction of sp³-hybridized carbons (Fsp3) is 0.206. The average molecular weight is 589 g/mol. The van der Waals surface area contributed by atoms with Crippen LogP contribution in [-0.4, -0.2) is 48.0 Å². The number of carboxylic acids is 1. The van der Waals surface area contributed by atoms with Gasteiger partial charge in [-0.15, -0.1) is 0 Å². The van der Waals surface area contributed by atoms with Crippen molar-refractivity contribution in [3.63, 3.8) is 0 Å². The first-order chi connectivity index (χ1) is 21.1. The molecule has 2 unspecified atom stereocenters. The van der Waals surface area contributed by atoms with E-state index in [-0.39, 0.29) is 0 Å². The Morgan fingerprint density at radius 1 is 0.864 bits per heavy atom. The van der Waals surface area contributed by atoms with E-state index >= 15 is 0 Å². The van der Waals surface area contributed by atoms with Crippen LogP contribution in [0.25, 0.3) is 38.6 Å². The molecule has 10 nitrogen and oxygen atoms in total. The molecule has 0 fully saturated rings. The lowest BCUT2D eigenvalue weighted by Crippen LogP contribution is -2.53. The second-order valence-corrected chi connectivity index (χ2v) is 11.9. The van der Waals surface area contributed by atoms with Crippen LogP contribution in [0, 0.1) is 5.41 Å². The number of nitrogens with one attached hydrogen (secondary N) is 2. The van der Waals surface area contributed by atoms with E-state index < -0.39 is 41.7 Å². The van der Waals surface area contributed by atoms with Crippen molar-refractivity contribution in [2.24, 2.45) is 5.41 Å². The Bertz CT molecular complexity index is 1960. The molecule has 222 valence electrons. The van der Waals surface area contributed by atoms with E-state index in [0.717, 1.165) is 32.8 Å². The normalized spacial score (nSPS) is 13.2. The summed E-state index contributed by atoms with van der Waals surface area (Å²) in [5, 5.41) is 18.7. The minimum Gasteiger partial charge on any atom is -0.481 e. The zero-order valence-electron chi connectivity index (χ0n) is 24.6. The number of carboxylic acid groups (broad SMARTS) is 1. The number of hydrogen-bond donors (Lipinski definition) is 3. The molecule has 7 aromatic rings. The lowest BCUT2D eigenvalue weighted by molar-refractivity contribution is -0.141. The molecular formula is C34H32N6O4. The third kappa shape index (κ3) is 5.37. The summed E-state index contributed by atoms with van der Waals surface area (Å²) in [5.41, 5.74) is 3.00. The largest absolute Gasteiger partial charge is 0.481 e. The molecule has 44 heavy (non-hydrogen) atoms. The zero-order chi connectivity index (χ0) is 31.0. The quantitative estimate of drug-likeness (QED) is 0.200. The number of nitrogens with zero attached hydrogens (tertiary/aromatic N) is 4. The number of rotatable bonds is 9. The Labute approximate surface area is 253 Å². The lowest BCUT2D eigenvalue weighted by Gasteiger charge is -2.32. The number of fused-ring (bicyclic) bond motifs is 2. The van der Waals surface area contributed by atoms with Crippen molar-refractivity contribution < 1.29 is 19.5 Å². The molecule has 0 radical (unpaired) electrons. The highest BCUT2D eigenvalue weighted by molar-refractivity contribution is 6.15.